The van der Waals surface area contributed by atoms with Gasteiger partial charge >= 0.3 is 0 Å². The fourth-order valence-electron chi connectivity index (χ4n) is 1.87. The van der Waals surface area contributed by atoms with Crippen LogP contribution in [-0.4, -0.2) is 50.3 Å². The number of aliphatic imine (C=N–C) groups is 1. The molecule has 0 atom stereocenters. The monoisotopic (exact) mass is 479 g/mol. The van der Waals surface area contributed by atoms with Gasteiger partial charge in [0, 0.05) is 18.1 Å². The second-order valence-corrected chi connectivity index (χ2v) is 5.64. The van der Waals surface area contributed by atoms with Crippen LogP contribution >= 0.6 is 58.8 Å². The van der Waals surface area contributed by atoms with Crippen LogP contribution in [0.5, 0.6) is 5.75 Å². The Morgan fingerprint density at radius 1 is 1.23 bits per heavy atom. The summed E-state index contributed by atoms with van der Waals surface area (Å²) < 4.78 is 10.8. The lowest BCUT2D eigenvalue weighted by molar-refractivity contribution is 0.0674. The van der Waals surface area contributed by atoms with Crippen LogP contribution in [0, 0.1) is 0 Å². The van der Waals surface area contributed by atoms with Crippen molar-refractivity contribution >= 4 is 64.7 Å². The fraction of sp³-hybridized carbons (Fsp3) is 0.462. The number of nitrogens with zero attached hydrogens (tertiary/aromatic N) is 2. The van der Waals surface area contributed by atoms with E-state index < -0.39 is 0 Å². The minimum absolute atomic E-state index is 0. The third-order valence-electron chi connectivity index (χ3n) is 2.91. The van der Waals surface area contributed by atoms with Gasteiger partial charge in [-0.05, 0) is 12.1 Å². The maximum atomic E-state index is 6.02. The standard InChI is InChI=1S/C13H16Cl3N3O2.HI/c14-9-7-10(15)12(11(16)8-9)21-4-1-18-13(17)19-2-5-20-6-3-19;/h7-8H,1-6H2,(H2,17,18);1H. The normalized spacial score (nSPS) is 15.4. The topological polar surface area (TPSA) is 60.1 Å². The van der Waals surface area contributed by atoms with Crippen molar-refractivity contribution in [3.63, 3.8) is 0 Å². The Morgan fingerprint density at radius 2 is 1.82 bits per heavy atom. The van der Waals surface area contributed by atoms with Crippen molar-refractivity contribution < 1.29 is 9.47 Å². The molecule has 1 aromatic carbocycles. The van der Waals surface area contributed by atoms with Crippen LogP contribution in [0.2, 0.25) is 15.1 Å². The second kappa shape index (κ2) is 9.87. The van der Waals surface area contributed by atoms with Gasteiger partial charge in [0.2, 0.25) is 0 Å². The molecule has 0 aliphatic carbocycles. The van der Waals surface area contributed by atoms with E-state index in [2.05, 4.69) is 4.99 Å². The summed E-state index contributed by atoms with van der Waals surface area (Å²) in [6, 6.07) is 3.16. The van der Waals surface area contributed by atoms with Gasteiger partial charge in [-0.25, -0.2) is 4.99 Å². The van der Waals surface area contributed by atoms with Crippen LogP contribution in [0.3, 0.4) is 0 Å². The third kappa shape index (κ3) is 5.81. The SMILES string of the molecule is I.NC(=NCCOc1c(Cl)cc(Cl)cc1Cl)N1CCOCC1. The Kier molecular flexibility index (Phi) is 8.93. The third-order valence-corrected chi connectivity index (χ3v) is 3.69. The second-order valence-electron chi connectivity index (χ2n) is 4.39. The van der Waals surface area contributed by atoms with E-state index in [9.17, 15) is 0 Å². The van der Waals surface area contributed by atoms with Crippen molar-refractivity contribution in [3.05, 3.63) is 27.2 Å². The summed E-state index contributed by atoms with van der Waals surface area (Å²) in [6.07, 6.45) is 0. The zero-order chi connectivity index (χ0) is 15.2. The van der Waals surface area contributed by atoms with Gasteiger partial charge in [0.1, 0.15) is 6.61 Å². The number of morpholine rings is 1. The predicted molar refractivity (Wildman–Crippen MR) is 101 cm³/mol. The van der Waals surface area contributed by atoms with E-state index >= 15 is 0 Å². The molecule has 1 aromatic rings. The van der Waals surface area contributed by atoms with E-state index in [0.29, 0.717) is 53.1 Å². The van der Waals surface area contributed by atoms with E-state index in [1.165, 1.54) is 0 Å². The van der Waals surface area contributed by atoms with E-state index in [-0.39, 0.29) is 24.0 Å². The average molecular weight is 481 g/mol. The molecule has 1 saturated heterocycles. The summed E-state index contributed by atoms with van der Waals surface area (Å²) in [5, 5.41) is 1.21. The number of rotatable bonds is 4. The number of ether oxygens (including phenoxy) is 2. The lowest BCUT2D eigenvalue weighted by Crippen LogP contribution is -2.45. The van der Waals surface area contributed by atoms with E-state index in [1.54, 1.807) is 12.1 Å². The van der Waals surface area contributed by atoms with Crippen molar-refractivity contribution in [3.8, 4) is 5.75 Å². The number of halogens is 4. The van der Waals surface area contributed by atoms with Gasteiger partial charge in [-0.1, -0.05) is 34.8 Å². The number of hydrogen-bond donors (Lipinski definition) is 1. The molecule has 1 fully saturated rings. The lowest BCUT2D eigenvalue weighted by Gasteiger charge is -2.27. The Bertz CT molecular complexity index is 502. The van der Waals surface area contributed by atoms with Crippen LogP contribution in [0.4, 0.5) is 0 Å². The number of hydrogen-bond acceptors (Lipinski definition) is 3. The summed E-state index contributed by atoms with van der Waals surface area (Å²) in [5.41, 5.74) is 5.90. The molecule has 1 heterocycles. The lowest BCUT2D eigenvalue weighted by atomic mass is 10.3. The van der Waals surface area contributed by atoms with Crippen LogP contribution < -0.4 is 10.5 Å². The van der Waals surface area contributed by atoms with Gasteiger partial charge in [-0.3, -0.25) is 0 Å². The van der Waals surface area contributed by atoms with Crippen molar-refractivity contribution in [1.82, 2.24) is 4.90 Å². The molecule has 0 radical (unpaired) electrons. The van der Waals surface area contributed by atoms with Crippen LogP contribution in [0.25, 0.3) is 0 Å². The van der Waals surface area contributed by atoms with Gasteiger partial charge in [0.25, 0.3) is 0 Å². The summed E-state index contributed by atoms with van der Waals surface area (Å²) >= 11 is 17.9. The van der Waals surface area contributed by atoms with Crippen molar-refractivity contribution in [2.75, 3.05) is 39.5 Å². The zero-order valence-electron chi connectivity index (χ0n) is 11.7. The average Bonchev–Trinajstić information content (AvgIpc) is 2.46. The Balaban J connectivity index is 0.00000242. The molecule has 2 N–H and O–H groups in total. The quantitative estimate of drug-likeness (QED) is 0.311. The molecule has 0 amide bonds. The van der Waals surface area contributed by atoms with Crippen molar-refractivity contribution in [1.29, 1.82) is 0 Å². The fourth-order valence-corrected chi connectivity index (χ4v) is 2.79. The molecule has 22 heavy (non-hydrogen) atoms. The summed E-state index contributed by atoms with van der Waals surface area (Å²) in [6.45, 7) is 3.59. The minimum Gasteiger partial charge on any atom is -0.489 e. The first-order valence-electron chi connectivity index (χ1n) is 6.48. The number of nitrogens with two attached hydrogens (primary N) is 1. The predicted octanol–water partition coefficient (Wildman–Crippen LogP) is 3.29. The molecule has 124 valence electrons. The van der Waals surface area contributed by atoms with Gasteiger partial charge < -0.3 is 20.1 Å². The molecule has 2 rings (SSSR count). The van der Waals surface area contributed by atoms with E-state index in [1.807, 2.05) is 4.90 Å². The smallest absolute Gasteiger partial charge is 0.191 e. The highest BCUT2D eigenvalue weighted by molar-refractivity contribution is 14.0. The van der Waals surface area contributed by atoms with Crippen LogP contribution in [-0.2, 0) is 4.74 Å². The maximum Gasteiger partial charge on any atom is 0.191 e. The first-order valence-corrected chi connectivity index (χ1v) is 7.61. The summed E-state index contributed by atoms with van der Waals surface area (Å²) in [7, 11) is 0. The Labute approximate surface area is 161 Å². The molecule has 0 bridgehead atoms. The number of guanidine groups is 1. The molecule has 0 unspecified atom stereocenters. The van der Waals surface area contributed by atoms with Crippen molar-refractivity contribution in [2.45, 2.75) is 0 Å². The van der Waals surface area contributed by atoms with Gasteiger partial charge in [0.15, 0.2) is 11.7 Å². The minimum atomic E-state index is 0. The van der Waals surface area contributed by atoms with Gasteiger partial charge in [-0.15, -0.1) is 24.0 Å². The molecular weight excluding hydrogens is 463 g/mol. The Hall–Kier alpha value is -0.150. The van der Waals surface area contributed by atoms with Gasteiger partial charge in [-0.2, -0.15) is 0 Å². The molecule has 9 heteroatoms. The Morgan fingerprint density at radius 3 is 2.41 bits per heavy atom. The maximum absolute atomic E-state index is 6.02. The van der Waals surface area contributed by atoms with Crippen LogP contribution in [0.1, 0.15) is 0 Å². The first kappa shape index (κ1) is 19.9. The van der Waals surface area contributed by atoms with E-state index in [0.717, 1.165) is 13.1 Å². The van der Waals surface area contributed by atoms with Gasteiger partial charge in [0.05, 0.1) is 29.8 Å². The molecular formula is C13H17Cl3IN3O2. The highest BCUT2D eigenvalue weighted by Crippen LogP contribution is 2.35. The zero-order valence-corrected chi connectivity index (χ0v) is 16.3. The highest BCUT2D eigenvalue weighted by atomic mass is 127. The van der Waals surface area contributed by atoms with Crippen LogP contribution in [0.15, 0.2) is 17.1 Å². The molecule has 0 aromatic heterocycles. The molecule has 0 spiro atoms. The summed E-state index contributed by atoms with van der Waals surface area (Å²) in [4.78, 5) is 6.25. The van der Waals surface area contributed by atoms with Crippen molar-refractivity contribution in [2.24, 2.45) is 10.7 Å². The molecule has 0 saturated carbocycles. The molecule has 1 aliphatic rings. The molecule has 1 aliphatic heterocycles. The largest absolute Gasteiger partial charge is 0.489 e. The van der Waals surface area contributed by atoms with E-state index in [4.69, 9.17) is 50.0 Å². The highest BCUT2D eigenvalue weighted by Gasteiger charge is 2.12. The first-order chi connectivity index (χ1) is 10.1. The summed E-state index contributed by atoms with van der Waals surface area (Å²) in [5.74, 6) is 0.901. The number of benzene rings is 1. The molecule has 5 nitrogen and oxygen atoms in total.